The van der Waals surface area contributed by atoms with Gasteiger partial charge >= 0.3 is 0 Å². The van der Waals surface area contributed by atoms with Crippen LogP contribution >= 0.6 is 15.9 Å². The highest BCUT2D eigenvalue weighted by atomic mass is 79.9. The second kappa shape index (κ2) is 8.08. The number of anilines is 1. The Bertz CT molecular complexity index is 571. The lowest BCUT2D eigenvalue weighted by molar-refractivity contribution is 0.327. The number of ether oxygens (including phenoxy) is 1. The quantitative estimate of drug-likeness (QED) is 0.672. The Morgan fingerprint density at radius 1 is 1.14 bits per heavy atom. The van der Waals surface area contributed by atoms with Crippen molar-refractivity contribution in [1.82, 2.24) is 0 Å². The van der Waals surface area contributed by atoms with Gasteiger partial charge in [0.15, 0.2) is 0 Å². The van der Waals surface area contributed by atoms with E-state index < -0.39 is 0 Å². The summed E-state index contributed by atoms with van der Waals surface area (Å²) in [5.74, 6) is 1.53. The van der Waals surface area contributed by atoms with Gasteiger partial charge in [0.2, 0.25) is 0 Å². The molecule has 0 saturated carbocycles. The third kappa shape index (κ3) is 4.78. The molecule has 2 nitrogen and oxygen atoms in total. The molecule has 0 aromatic heterocycles. The largest absolute Gasteiger partial charge is 0.491 e. The van der Waals surface area contributed by atoms with E-state index in [4.69, 9.17) is 4.74 Å². The van der Waals surface area contributed by atoms with Crippen molar-refractivity contribution >= 4 is 21.6 Å². The third-order valence-corrected chi connectivity index (χ3v) is 4.07. The lowest BCUT2D eigenvalue weighted by atomic mass is 9.98. The minimum absolute atomic E-state index is 0.527. The van der Waals surface area contributed by atoms with E-state index in [9.17, 15) is 0 Å². The molecule has 2 aromatic rings. The Hall–Kier alpha value is -1.48. The van der Waals surface area contributed by atoms with Gasteiger partial charge in [-0.25, -0.2) is 0 Å². The van der Waals surface area contributed by atoms with Crippen LogP contribution in [0, 0.1) is 0 Å². The van der Waals surface area contributed by atoms with Crippen LogP contribution in [0.2, 0.25) is 0 Å². The average Bonchev–Trinajstić information content (AvgIpc) is 2.51. The van der Waals surface area contributed by atoms with E-state index in [0.717, 1.165) is 28.9 Å². The second-order valence-electron chi connectivity index (χ2n) is 5.13. The van der Waals surface area contributed by atoms with Crippen LogP contribution in [-0.4, -0.2) is 13.2 Å². The topological polar surface area (TPSA) is 21.3 Å². The number of halogens is 1. The van der Waals surface area contributed by atoms with Crippen LogP contribution in [0.3, 0.4) is 0 Å². The maximum atomic E-state index is 5.94. The van der Waals surface area contributed by atoms with E-state index >= 15 is 0 Å². The van der Waals surface area contributed by atoms with Gasteiger partial charge in [-0.1, -0.05) is 54.0 Å². The minimum atomic E-state index is 0.527. The summed E-state index contributed by atoms with van der Waals surface area (Å²) in [4.78, 5) is 0. The summed E-state index contributed by atoms with van der Waals surface area (Å²) in [5.41, 5.74) is 2.39. The summed E-state index contributed by atoms with van der Waals surface area (Å²) >= 11 is 3.47. The van der Waals surface area contributed by atoms with Gasteiger partial charge in [0.1, 0.15) is 12.4 Å². The molecule has 0 aliphatic heterocycles. The number of hydrogen-bond acceptors (Lipinski definition) is 2. The van der Waals surface area contributed by atoms with Crippen LogP contribution in [0.15, 0.2) is 53.0 Å². The SMILES string of the molecule is CCC(C)c1ccccc1OCCNc1cccc(Br)c1. The first-order chi connectivity index (χ1) is 10.2. The Labute approximate surface area is 135 Å². The van der Waals surface area contributed by atoms with E-state index in [0.29, 0.717) is 12.5 Å². The predicted octanol–water partition coefficient (Wildman–Crippen LogP) is 5.45. The molecule has 0 heterocycles. The van der Waals surface area contributed by atoms with Gasteiger partial charge in [0.05, 0.1) is 0 Å². The van der Waals surface area contributed by atoms with Crippen LogP contribution in [0.1, 0.15) is 31.7 Å². The molecule has 0 aliphatic rings. The smallest absolute Gasteiger partial charge is 0.122 e. The fourth-order valence-electron chi connectivity index (χ4n) is 2.19. The van der Waals surface area contributed by atoms with Crippen molar-refractivity contribution < 1.29 is 4.74 Å². The molecule has 1 N–H and O–H groups in total. The van der Waals surface area contributed by atoms with Crippen molar-refractivity contribution in [2.75, 3.05) is 18.5 Å². The maximum Gasteiger partial charge on any atom is 0.122 e. The molecule has 0 aliphatic carbocycles. The fraction of sp³-hybridized carbons (Fsp3) is 0.333. The molecular formula is C18H22BrNO. The van der Waals surface area contributed by atoms with Gasteiger partial charge in [-0.2, -0.15) is 0 Å². The zero-order chi connectivity index (χ0) is 15.1. The molecule has 3 heteroatoms. The van der Waals surface area contributed by atoms with Gasteiger partial charge in [-0.15, -0.1) is 0 Å². The Kier molecular flexibility index (Phi) is 6.12. The molecule has 0 bridgehead atoms. The van der Waals surface area contributed by atoms with Crippen LogP contribution in [0.5, 0.6) is 5.75 Å². The number of para-hydroxylation sites is 1. The summed E-state index contributed by atoms with van der Waals surface area (Å²) in [6.45, 7) is 5.88. The van der Waals surface area contributed by atoms with E-state index in [-0.39, 0.29) is 0 Å². The molecule has 21 heavy (non-hydrogen) atoms. The molecule has 1 atom stereocenters. The molecule has 2 rings (SSSR count). The minimum Gasteiger partial charge on any atom is -0.491 e. The molecule has 0 saturated heterocycles. The van der Waals surface area contributed by atoms with Gasteiger partial charge < -0.3 is 10.1 Å². The Morgan fingerprint density at radius 3 is 2.71 bits per heavy atom. The zero-order valence-electron chi connectivity index (χ0n) is 12.6. The summed E-state index contributed by atoms with van der Waals surface area (Å²) < 4.78 is 7.02. The molecule has 0 amide bonds. The highest BCUT2D eigenvalue weighted by Crippen LogP contribution is 2.28. The summed E-state index contributed by atoms with van der Waals surface area (Å²) in [6.07, 6.45) is 1.12. The van der Waals surface area contributed by atoms with Gasteiger partial charge in [0.25, 0.3) is 0 Å². The summed E-state index contributed by atoms with van der Waals surface area (Å²) in [6, 6.07) is 16.5. The number of rotatable bonds is 7. The van der Waals surface area contributed by atoms with Crippen LogP contribution in [0.25, 0.3) is 0 Å². The number of nitrogens with one attached hydrogen (secondary N) is 1. The lowest BCUT2D eigenvalue weighted by Gasteiger charge is -2.16. The monoisotopic (exact) mass is 347 g/mol. The van der Waals surface area contributed by atoms with Crippen molar-refractivity contribution in [3.05, 3.63) is 58.6 Å². The standard InChI is InChI=1S/C18H22BrNO/c1-3-14(2)17-9-4-5-10-18(17)21-12-11-20-16-8-6-7-15(19)13-16/h4-10,13-14,20H,3,11-12H2,1-2H3. The first kappa shape index (κ1) is 15.9. The van der Waals surface area contributed by atoms with Crippen LogP contribution in [0.4, 0.5) is 5.69 Å². The van der Waals surface area contributed by atoms with E-state index in [1.807, 2.05) is 18.2 Å². The molecule has 1 unspecified atom stereocenters. The first-order valence-electron chi connectivity index (χ1n) is 7.42. The van der Waals surface area contributed by atoms with Crippen molar-refractivity contribution in [3.8, 4) is 5.75 Å². The molecule has 112 valence electrons. The van der Waals surface area contributed by atoms with Crippen LogP contribution < -0.4 is 10.1 Å². The van der Waals surface area contributed by atoms with Crippen molar-refractivity contribution in [2.45, 2.75) is 26.2 Å². The predicted molar refractivity (Wildman–Crippen MR) is 93.3 cm³/mol. The van der Waals surface area contributed by atoms with E-state index in [2.05, 4.69) is 65.4 Å². The zero-order valence-corrected chi connectivity index (χ0v) is 14.2. The van der Waals surface area contributed by atoms with Crippen molar-refractivity contribution in [3.63, 3.8) is 0 Å². The molecule has 0 fully saturated rings. The lowest BCUT2D eigenvalue weighted by Crippen LogP contribution is -2.12. The first-order valence-corrected chi connectivity index (χ1v) is 8.21. The van der Waals surface area contributed by atoms with Crippen LogP contribution in [-0.2, 0) is 0 Å². The van der Waals surface area contributed by atoms with E-state index in [1.165, 1.54) is 5.56 Å². The van der Waals surface area contributed by atoms with Gasteiger partial charge in [-0.3, -0.25) is 0 Å². The van der Waals surface area contributed by atoms with Gasteiger partial charge in [-0.05, 0) is 42.2 Å². The van der Waals surface area contributed by atoms with E-state index in [1.54, 1.807) is 0 Å². The molecular weight excluding hydrogens is 326 g/mol. The molecule has 0 spiro atoms. The Balaban J connectivity index is 1.86. The number of benzene rings is 2. The maximum absolute atomic E-state index is 5.94. The summed E-state index contributed by atoms with van der Waals surface area (Å²) in [5, 5.41) is 3.36. The fourth-order valence-corrected chi connectivity index (χ4v) is 2.59. The van der Waals surface area contributed by atoms with Gasteiger partial charge in [0, 0.05) is 16.7 Å². The third-order valence-electron chi connectivity index (χ3n) is 3.58. The van der Waals surface area contributed by atoms with Crippen molar-refractivity contribution in [2.24, 2.45) is 0 Å². The average molecular weight is 348 g/mol. The highest BCUT2D eigenvalue weighted by Gasteiger charge is 2.09. The second-order valence-corrected chi connectivity index (χ2v) is 6.05. The highest BCUT2D eigenvalue weighted by molar-refractivity contribution is 9.10. The number of hydrogen-bond donors (Lipinski definition) is 1. The van der Waals surface area contributed by atoms with Crippen molar-refractivity contribution in [1.29, 1.82) is 0 Å². The molecule has 0 radical (unpaired) electrons. The molecule has 2 aromatic carbocycles. The Morgan fingerprint density at radius 2 is 1.95 bits per heavy atom. The normalized spacial score (nSPS) is 12.0. The summed E-state index contributed by atoms with van der Waals surface area (Å²) in [7, 11) is 0.